The van der Waals surface area contributed by atoms with Gasteiger partial charge in [-0.1, -0.05) is 18.2 Å². The van der Waals surface area contributed by atoms with Crippen LogP contribution in [0, 0.1) is 0 Å². The molecule has 0 radical (unpaired) electrons. The van der Waals surface area contributed by atoms with Crippen molar-refractivity contribution in [3.05, 3.63) is 30.3 Å². The van der Waals surface area contributed by atoms with Gasteiger partial charge in [-0.15, -0.1) is 12.4 Å². The van der Waals surface area contributed by atoms with Crippen LogP contribution in [0.1, 0.15) is 12.8 Å². The molecule has 0 aliphatic carbocycles. The van der Waals surface area contributed by atoms with Crippen molar-refractivity contribution in [3.8, 4) is 0 Å². The molecule has 1 heterocycles. The third-order valence-corrected chi connectivity index (χ3v) is 4.20. The van der Waals surface area contributed by atoms with Crippen molar-refractivity contribution in [3.63, 3.8) is 0 Å². The predicted octanol–water partition coefficient (Wildman–Crippen LogP) is 1.41. The van der Waals surface area contributed by atoms with Crippen molar-refractivity contribution in [2.75, 3.05) is 23.5 Å². The molecule has 1 aromatic rings. The minimum Gasteiger partial charge on any atom is -0.343 e. The number of anilines is 1. The first-order valence-corrected chi connectivity index (χ1v) is 8.44. The van der Waals surface area contributed by atoms with Gasteiger partial charge in [-0.25, -0.2) is 0 Å². The number of amides is 2. The number of carbonyl (C=O) groups is 2. The zero-order chi connectivity index (χ0) is 15.2. The van der Waals surface area contributed by atoms with Crippen LogP contribution >= 0.6 is 24.2 Å². The second kappa shape index (κ2) is 9.02. The first-order chi connectivity index (χ1) is 10.1. The molecule has 2 rings (SSSR count). The number of rotatable bonds is 6. The SMILES string of the molecule is CSCC[C@H](N)C(=O)NC1CCN(c2ccccc2)C1=O.Cl. The van der Waals surface area contributed by atoms with Crippen LogP contribution in [0.4, 0.5) is 5.69 Å². The second-order valence-corrected chi connectivity index (χ2v) is 6.05. The summed E-state index contributed by atoms with van der Waals surface area (Å²) in [7, 11) is 0. The summed E-state index contributed by atoms with van der Waals surface area (Å²) in [6, 6.07) is 8.49. The molecule has 122 valence electrons. The van der Waals surface area contributed by atoms with Crippen LogP contribution in [0.25, 0.3) is 0 Å². The molecule has 1 saturated heterocycles. The van der Waals surface area contributed by atoms with Crippen LogP contribution in [0.15, 0.2) is 30.3 Å². The van der Waals surface area contributed by atoms with Crippen molar-refractivity contribution in [2.45, 2.75) is 24.9 Å². The lowest BCUT2D eigenvalue weighted by Gasteiger charge is -2.18. The molecular weight excluding hydrogens is 322 g/mol. The van der Waals surface area contributed by atoms with Crippen LogP contribution in [-0.2, 0) is 9.59 Å². The van der Waals surface area contributed by atoms with E-state index in [-0.39, 0.29) is 24.2 Å². The minimum absolute atomic E-state index is 0. The average Bonchev–Trinajstić information content (AvgIpc) is 2.86. The van der Waals surface area contributed by atoms with Crippen molar-refractivity contribution >= 4 is 41.7 Å². The Balaban J connectivity index is 0.00000242. The van der Waals surface area contributed by atoms with Gasteiger partial charge in [0.05, 0.1) is 6.04 Å². The third-order valence-electron chi connectivity index (χ3n) is 3.56. The quantitative estimate of drug-likeness (QED) is 0.819. The maximum absolute atomic E-state index is 12.3. The van der Waals surface area contributed by atoms with E-state index < -0.39 is 12.1 Å². The third kappa shape index (κ3) is 4.63. The molecule has 1 aliphatic heterocycles. The molecule has 0 aromatic heterocycles. The summed E-state index contributed by atoms with van der Waals surface area (Å²) in [6.07, 6.45) is 3.22. The molecule has 0 saturated carbocycles. The first kappa shape index (κ1) is 18.8. The maximum Gasteiger partial charge on any atom is 0.249 e. The summed E-state index contributed by atoms with van der Waals surface area (Å²) in [5.41, 5.74) is 6.69. The number of benzene rings is 1. The van der Waals surface area contributed by atoms with Crippen LogP contribution < -0.4 is 16.0 Å². The molecular formula is C15H22ClN3O2S. The topological polar surface area (TPSA) is 75.4 Å². The number of hydrogen-bond donors (Lipinski definition) is 2. The Morgan fingerprint density at radius 1 is 1.45 bits per heavy atom. The van der Waals surface area contributed by atoms with Gasteiger partial charge in [-0.2, -0.15) is 11.8 Å². The second-order valence-electron chi connectivity index (χ2n) is 5.06. The van der Waals surface area contributed by atoms with Crippen LogP contribution in [0.5, 0.6) is 0 Å². The highest BCUT2D eigenvalue weighted by Gasteiger charge is 2.34. The zero-order valence-corrected chi connectivity index (χ0v) is 14.2. The Kier molecular flexibility index (Phi) is 7.72. The number of carbonyl (C=O) groups excluding carboxylic acids is 2. The van der Waals surface area contributed by atoms with Gasteiger partial charge in [0, 0.05) is 12.2 Å². The van der Waals surface area contributed by atoms with Crippen LogP contribution in [-0.4, -0.2) is 42.5 Å². The Labute approximate surface area is 141 Å². The van der Waals surface area contributed by atoms with E-state index in [1.807, 2.05) is 36.6 Å². The number of nitrogens with zero attached hydrogens (tertiary/aromatic N) is 1. The van der Waals surface area contributed by atoms with Gasteiger partial charge < -0.3 is 16.0 Å². The Morgan fingerprint density at radius 2 is 2.14 bits per heavy atom. The lowest BCUT2D eigenvalue weighted by Crippen LogP contribution is -2.48. The van der Waals surface area contributed by atoms with Gasteiger partial charge in [0.2, 0.25) is 11.8 Å². The van der Waals surface area contributed by atoms with E-state index in [1.54, 1.807) is 16.7 Å². The van der Waals surface area contributed by atoms with E-state index >= 15 is 0 Å². The van der Waals surface area contributed by atoms with E-state index in [4.69, 9.17) is 5.73 Å². The Morgan fingerprint density at radius 3 is 2.77 bits per heavy atom. The van der Waals surface area contributed by atoms with E-state index in [0.717, 1.165) is 11.4 Å². The summed E-state index contributed by atoms with van der Waals surface area (Å²) >= 11 is 1.65. The largest absolute Gasteiger partial charge is 0.343 e. The Bertz CT molecular complexity index is 501. The van der Waals surface area contributed by atoms with E-state index in [1.165, 1.54) is 0 Å². The highest BCUT2D eigenvalue weighted by Crippen LogP contribution is 2.21. The number of nitrogens with one attached hydrogen (secondary N) is 1. The number of halogens is 1. The molecule has 1 aliphatic rings. The minimum atomic E-state index is -0.545. The van der Waals surface area contributed by atoms with Crippen molar-refractivity contribution in [2.24, 2.45) is 5.73 Å². The average molecular weight is 344 g/mol. The molecule has 1 aromatic carbocycles. The zero-order valence-electron chi connectivity index (χ0n) is 12.5. The first-order valence-electron chi connectivity index (χ1n) is 7.05. The number of nitrogens with two attached hydrogens (primary N) is 1. The number of para-hydroxylation sites is 1. The van der Waals surface area contributed by atoms with Gasteiger partial charge >= 0.3 is 0 Å². The van der Waals surface area contributed by atoms with E-state index in [2.05, 4.69) is 5.32 Å². The monoisotopic (exact) mass is 343 g/mol. The Hall–Kier alpha value is -1.24. The molecule has 22 heavy (non-hydrogen) atoms. The van der Waals surface area contributed by atoms with E-state index in [0.29, 0.717) is 19.4 Å². The maximum atomic E-state index is 12.3. The van der Waals surface area contributed by atoms with Crippen LogP contribution in [0.2, 0.25) is 0 Å². The fourth-order valence-electron chi connectivity index (χ4n) is 2.33. The van der Waals surface area contributed by atoms with Crippen LogP contribution in [0.3, 0.4) is 0 Å². The number of thioether (sulfide) groups is 1. The van der Waals surface area contributed by atoms with Crippen molar-refractivity contribution in [1.82, 2.24) is 5.32 Å². The molecule has 2 amide bonds. The molecule has 5 nitrogen and oxygen atoms in total. The highest BCUT2D eigenvalue weighted by atomic mass is 35.5. The molecule has 1 fully saturated rings. The molecule has 0 bridgehead atoms. The smallest absolute Gasteiger partial charge is 0.249 e. The van der Waals surface area contributed by atoms with Gasteiger partial charge in [0.1, 0.15) is 6.04 Å². The summed E-state index contributed by atoms with van der Waals surface area (Å²) in [5, 5.41) is 2.77. The molecule has 7 heteroatoms. The van der Waals surface area contributed by atoms with Gasteiger partial charge in [-0.05, 0) is 37.0 Å². The normalized spacial score (nSPS) is 18.7. The van der Waals surface area contributed by atoms with Gasteiger partial charge in [-0.3, -0.25) is 9.59 Å². The number of hydrogen-bond acceptors (Lipinski definition) is 4. The summed E-state index contributed by atoms with van der Waals surface area (Å²) in [5.74, 6) is 0.535. The predicted molar refractivity (Wildman–Crippen MR) is 93.6 cm³/mol. The lowest BCUT2D eigenvalue weighted by atomic mass is 10.2. The molecule has 1 unspecified atom stereocenters. The molecule has 0 spiro atoms. The summed E-state index contributed by atoms with van der Waals surface area (Å²) in [4.78, 5) is 26.0. The standard InChI is InChI=1S/C15H21N3O2S.ClH/c1-21-10-8-12(16)14(19)17-13-7-9-18(15(13)20)11-5-3-2-4-6-11;/h2-6,12-13H,7-10,16H2,1H3,(H,17,19);1H/t12-,13?;/m0./s1. The van der Waals surface area contributed by atoms with Gasteiger partial charge in [0.15, 0.2) is 0 Å². The lowest BCUT2D eigenvalue weighted by molar-refractivity contribution is -0.127. The van der Waals surface area contributed by atoms with Crippen molar-refractivity contribution < 1.29 is 9.59 Å². The van der Waals surface area contributed by atoms with Crippen molar-refractivity contribution in [1.29, 1.82) is 0 Å². The fraction of sp³-hybridized carbons (Fsp3) is 0.467. The molecule has 3 N–H and O–H groups in total. The molecule has 2 atom stereocenters. The van der Waals surface area contributed by atoms with Gasteiger partial charge in [0.25, 0.3) is 0 Å². The summed E-state index contributed by atoms with van der Waals surface area (Å²) < 4.78 is 0. The summed E-state index contributed by atoms with van der Waals surface area (Å²) in [6.45, 7) is 0.619. The fourth-order valence-corrected chi connectivity index (χ4v) is 2.82. The highest BCUT2D eigenvalue weighted by molar-refractivity contribution is 7.98. The van der Waals surface area contributed by atoms with E-state index in [9.17, 15) is 9.59 Å².